The molecule has 1 aromatic rings. The number of ether oxygens (including phenoxy) is 1. The molecule has 4 nitrogen and oxygen atoms in total. The molecular weight excluding hydrogens is 241 g/mol. The second-order valence-electron chi connectivity index (χ2n) is 4.78. The number of carbonyl (C=O) groups excluding carboxylic acids is 1. The van der Waals surface area contributed by atoms with E-state index in [0.717, 1.165) is 11.0 Å². The van der Waals surface area contributed by atoms with E-state index in [2.05, 4.69) is 5.18 Å². The SMILES string of the molecule is [B]=C(C)CCc1cc(OC(C)C)cc(C(=O)N=O)c1. The molecule has 0 heterocycles. The van der Waals surface area contributed by atoms with Gasteiger partial charge < -0.3 is 0 Å². The molecule has 0 bridgehead atoms. The van der Waals surface area contributed by atoms with Crippen molar-refractivity contribution in [1.29, 1.82) is 0 Å². The Morgan fingerprint density at radius 1 is 1.37 bits per heavy atom. The van der Waals surface area contributed by atoms with E-state index in [0.29, 0.717) is 18.6 Å². The van der Waals surface area contributed by atoms with Gasteiger partial charge >= 0.3 is 113 Å². The molecule has 0 fully saturated rings. The van der Waals surface area contributed by atoms with Gasteiger partial charge in [-0.1, -0.05) is 0 Å². The van der Waals surface area contributed by atoms with Crippen molar-refractivity contribution >= 4 is 18.9 Å². The van der Waals surface area contributed by atoms with Crippen LogP contribution in [0.4, 0.5) is 0 Å². The van der Waals surface area contributed by atoms with Gasteiger partial charge in [0.2, 0.25) is 0 Å². The average molecular weight is 258 g/mol. The van der Waals surface area contributed by atoms with Crippen molar-refractivity contribution in [2.24, 2.45) is 5.18 Å². The van der Waals surface area contributed by atoms with Crippen molar-refractivity contribution in [3.63, 3.8) is 0 Å². The van der Waals surface area contributed by atoms with Crippen LogP contribution in [0, 0.1) is 4.91 Å². The predicted molar refractivity (Wildman–Crippen MR) is 77.1 cm³/mol. The van der Waals surface area contributed by atoms with Crippen molar-refractivity contribution in [2.45, 2.75) is 39.7 Å². The number of hydrogen-bond donors (Lipinski definition) is 0. The van der Waals surface area contributed by atoms with Crippen LogP contribution < -0.4 is 4.74 Å². The zero-order valence-electron chi connectivity index (χ0n) is 11.5. The van der Waals surface area contributed by atoms with Gasteiger partial charge in [0.05, 0.1) is 0 Å². The molecule has 1 rings (SSSR count). The van der Waals surface area contributed by atoms with Crippen molar-refractivity contribution in [2.75, 3.05) is 0 Å². The number of amides is 1. The number of aryl methyl sites for hydroxylation is 1. The summed E-state index contributed by atoms with van der Waals surface area (Å²) in [6.07, 6.45) is 1.40. The summed E-state index contributed by atoms with van der Waals surface area (Å²) in [6.45, 7) is 5.63. The number of carbonyl (C=O) groups is 1. The molecule has 1 radical (unpaired) electrons. The standard InChI is InChI=1S/C14H17BNO3/c1-9(2)19-13-7-11(5-4-10(3)15)6-12(8-13)14(17)16-18/h6-9H,4-5H2,1-3H3. The first-order valence-corrected chi connectivity index (χ1v) is 6.18. The van der Waals surface area contributed by atoms with Crippen LogP contribution in [0.2, 0.25) is 0 Å². The first-order valence-electron chi connectivity index (χ1n) is 6.18. The van der Waals surface area contributed by atoms with Crippen molar-refractivity contribution < 1.29 is 9.53 Å². The second-order valence-corrected chi connectivity index (χ2v) is 4.78. The van der Waals surface area contributed by atoms with Crippen LogP contribution in [0.1, 0.15) is 43.1 Å². The topological polar surface area (TPSA) is 55.7 Å². The van der Waals surface area contributed by atoms with Gasteiger partial charge in [-0.25, -0.2) is 0 Å². The molecule has 0 atom stereocenters. The fourth-order valence-electron chi connectivity index (χ4n) is 1.66. The van der Waals surface area contributed by atoms with Crippen molar-refractivity contribution in [3.8, 4) is 5.75 Å². The van der Waals surface area contributed by atoms with Crippen molar-refractivity contribution in [3.05, 3.63) is 34.2 Å². The van der Waals surface area contributed by atoms with E-state index in [1.165, 1.54) is 6.07 Å². The van der Waals surface area contributed by atoms with Crippen LogP contribution >= 0.6 is 0 Å². The molecule has 0 saturated carbocycles. The van der Waals surface area contributed by atoms with Gasteiger partial charge in [-0.05, 0) is 0 Å². The molecule has 0 saturated heterocycles. The maximum atomic E-state index is 11.4. The van der Waals surface area contributed by atoms with E-state index >= 15 is 0 Å². The first kappa shape index (κ1) is 15.3. The van der Waals surface area contributed by atoms with Gasteiger partial charge in [-0.2, -0.15) is 0 Å². The molecule has 0 aliphatic rings. The molecule has 0 aromatic heterocycles. The van der Waals surface area contributed by atoms with E-state index in [4.69, 9.17) is 12.2 Å². The molecule has 0 unspecified atom stereocenters. The van der Waals surface area contributed by atoms with Crippen molar-refractivity contribution in [1.82, 2.24) is 0 Å². The molecule has 0 N–H and O–H groups in total. The molecule has 1 aromatic carbocycles. The molecule has 19 heavy (non-hydrogen) atoms. The van der Waals surface area contributed by atoms with E-state index in [-0.39, 0.29) is 11.7 Å². The number of nitroso groups, excluding NO2 is 1. The number of rotatable bonds is 6. The minimum absolute atomic E-state index is 0.00907. The summed E-state index contributed by atoms with van der Waals surface area (Å²) in [4.78, 5) is 21.7. The molecular formula is C14H17BNO3. The van der Waals surface area contributed by atoms with Gasteiger partial charge in [-0.15, -0.1) is 0 Å². The van der Waals surface area contributed by atoms with Crippen LogP contribution in [-0.2, 0) is 6.42 Å². The van der Waals surface area contributed by atoms with Crippen LogP contribution in [0.3, 0.4) is 0 Å². The Labute approximate surface area is 114 Å². The fourth-order valence-corrected chi connectivity index (χ4v) is 1.66. The van der Waals surface area contributed by atoms with Crippen LogP contribution in [0.25, 0.3) is 0 Å². The van der Waals surface area contributed by atoms with E-state index < -0.39 is 5.91 Å². The monoisotopic (exact) mass is 258 g/mol. The third-order valence-electron chi connectivity index (χ3n) is 2.48. The molecule has 0 spiro atoms. The van der Waals surface area contributed by atoms with Crippen LogP contribution in [-0.4, -0.2) is 25.0 Å². The van der Waals surface area contributed by atoms with Gasteiger partial charge in [0.25, 0.3) is 0 Å². The summed E-state index contributed by atoms with van der Waals surface area (Å²) in [7, 11) is 5.63. The van der Waals surface area contributed by atoms with Crippen LogP contribution in [0.5, 0.6) is 5.75 Å². The fraction of sp³-hybridized carbons (Fsp3) is 0.429. The van der Waals surface area contributed by atoms with E-state index in [1.54, 1.807) is 6.07 Å². The summed E-state index contributed by atoms with van der Waals surface area (Å²) in [5, 5.41) is 2.44. The number of hydrogen-bond acceptors (Lipinski definition) is 3. The van der Waals surface area contributed by atoms with Gasteiger partial charge in [0, 0.05) is 0 Å². The Morgan fingerprint density at radius 3 is 2.58 bits per heavy atom. The Balaban J connectivity index is 3.04. The van der Waals surface area contributed by atoms with E-state index in [1.807, 2.05) is 26.8 Å². The Hall–Kier alpha value is -1.78. The summed E-state index contributed by atoms with van der Waals surface area (Å²) < 4.78 is 5.56. The third kappa shape index (κ3) is 5.16. The Kier molecular flexibility index (Phi) is 5.61. The molecule has 0 aliphatic heterocycles. The van der Waals surface area contributed by atoms with Gasteiger partial charge in [-0.3, -0.25) is 0 Å². The number of benzene rings is 1. The molecule has 5 heteroatoms. The maximum absolute atomic E-state index is 11.4. The molecule has 1 amide bonds. The number of nitrogens with zero attached hydrogens (tertiary/aromatic N) is 1. The first-order chi connectivity index (χ1) is 8.92. The van der Waals surface area contributed by atoms with E-state index in [9.17, 15) is 9.70 Å². The molecule has 99 valence electrons. The zero-order chi connectivity index (χ0) is 14.4. The Morgan fingerprint density at radius 2 is 2.05 bits per heavy atom. The predicted octanol–water partition coefficient (Wildman–Crippen LogP) is 2.67. The Bertz CT molecular complexity index is 497. The quantitative estimate of drug-likeness (QED) is 0.582. The van der Waals surface area contributed by atoms with Gasteiger partial charge in [0.1, 0.15) is 0 Å². The molecule has 0 aliphatic carbocycles. The van der Waals surface area contributed by atoms with Gasteiger partial charge in [0.15, 0.2) is 0 Å². The summed E-state index contributed by atoms with van der Waals surface area (Å²) in [5.74, 6) is -0.224. The summed E-state index contributed by atoms with van der Waals surface area (Å²) in [6, 6.07) is 5.04. The zero-order valence-corrected chi connectivity index (χ0v) is 11.5. The second kappa shape index (κ2) is 6.97. The average Bonchev–Trinajstić information content (AvgIpc) is 2.34. The normalized spacial score (nSPS) is 10.3. The summed E-state index contributed by atoms with van der Waals surface area (Å²) >= 11 is 0. The third-order valence-corrected chi connectivity index (χ3v) is 2.48. The van der Waals surface area contributed by atoms with Crippen LogP contribution in [0.15, 0.2) is 23.4 Å². The minimum atomic E-state index is -0.788. The summed E-state index contributed by atoms with van der Waals surface area (Å²) in [5.41, 5.74) is 1.96.